The van der Waals surface area contributed by atoms with Crippen LogP contribution in [0.3, 0.4) is 0 Å². The van der Waals surface area contributed by atoms with Crippen molar-refractivity contribution in [3.8, 4) is 10.6 Å². The van der Waals surface area contributed by atoms with Gasteiger partial charge in [0.25, 0.3) is 0 Å². The number of hydrogen-bond donors (Lipinski definition) is 2. The van der Waals surface area contributed by atoms with Crippen LogP contribution in [0.25, 0.3) is 10.6 Å². The molecule has 0 aliphatic heterocycles. The number of nitrogens with one attached hydrogen (secondary N) is 1. The van der Waals surface area contributed by atoms with Gasteiger partial charge in [0.1, 0.15) is 5.82 Å². The van der Waals surface area contributed by atoms with Crippen molar-refractivity contribution in [2.75, 3.05) is 12.8 Å². The van der Waals surface area contributed by atoms with E-state index in [1.165, 1.54) is 5.56 Å². The number of aromatic amines is 1. The summed E-state index contributed by atoms with van der Waals surface area (Å²) in [5.41, 5.74) is 7.64. The number of nitrogens with two attached hydrogens (primary N) is 1. The Kier molecular flexibility index (Phi) is 2.51. The topological polar surface area (TPSA) is 63.9 Å². The zero-order valence-corrected chi connectivity index (χ0v) is 8.60. The number of rotatable bonds is 3. The largest absolute Gasteiger partial charge is 0.382 e. The first-order valence-electron chi connectivity index (χ1n) is 4.17. The molecule has 0 aliphatic rings. The summed E-state index contributed by atoms with van der Waals surface area (Å²) < 4.78 is 5.04. The van der Waals surface area contributed by atoms with Crippen molar-refractivity contribution in [3.63, 3.8) is 0 Å². The van der Waals surface area contributed by atoms with Crippen LogP contribution < -0.4 is 5.73 Å². The lowest BCUT2D eigenvalue weighted by atomic mass is 10.3. The average Bonchev–Trinajstić information content (AvgIpc) is 2.74. The molecule has 2 aromatic rings. The van der Waals surface area contributed by atoms with E-state index < -0.39 is 0 Å². The van der Waals surface area contributed by atoms with Gasteiger partial charge in [-0.3, -0.25) is 5.10 Å². The second-order valence-corrected chi connectivity index (χ2v) is 3.87. The van der Waals surface area contributed by atoms with Crippen molar-refractivity contribution in [2.24, 2.45) is 0 Å². The highest BCUT2D eigenvalue weighted by atomic mass is 32.1. The van der Waals surface area contributed by atoms with Gasteiger partial charge in [-0.1, -0.05) is 0 Å². The summed E-state index contributed by atoms with van der Waals surface area (Å²) in [6.07, 6.45) is 0. The van der Waals surface area contributed by atoms with Crippen LogP contribution in [0.5, 0.6) is 0 Å². The summed E-state index contributed by atoms with van der Waals surface area (Å²) in [6.45, 7) is 0.639. The lowest BCUT2D eigenvalue weighted by Gasteiger charge is -1.91. The molecule has 14 heavy (non-hydrogen) atoms. The van der Waals surface area contributed by atoms with Crippen molar-refractivity contribution in [3.05, 3.63) is 23.1 Å². The van der Waals surface area contributed by atoms with Crippen LogP contribution in [0, 0.1) is 0 Å². The first kappa shape index (κ1) is 9.23. The Balaban J connectivity index is 2.24. The molecule has 0 fully saturated rings. The van der Waals surface area contributed by atoms with Crippen LogP contribution in [0.15, 0.2) is 17.5 Å². The third kappa shape index (κ3) is 1.78. The number of methoxy groups -OCH3 is 1. The van der Waals surface area contributed by atoms with Gasteiger partial charge in [0.15, 0.2) is 0 Å². The Bertz CT molecular complexity index is 421. The van der Waals surface area contributed by atoms with Gasteiger partial charge in [-0.15, -0.1) is 11.3 Å². The van der Waals surface area contributed by atoms with E-state index in [4.69, 9.17) is 10.5 Å². The van der Waals surface area contributed by atoms with Gasteiger partial charge >= 0.3 is 0 Å². The second kappa shape index (κ2) is 3.81. The molecule has 0 aromatic carbocycles. The third-order valence-corrected chi connectivity index (χ3v) is 2.84. The molecule has 0 saturated heterocycles. The number of hydrogen-bond acceptors (Lipinski definition) is 4. The van der Waals surface area contributed by atoms with Crippen molar-refractivity contribution in [1.29, 1.82) is 0 Å². The number of nitrogen functional groups attached to an aromatic ring is 1. The van der Waals surface area contributed by atoms with E-state index in [-0.39, 0.29) is 0 Å². The van der Waals surface area contributed by atoms with Crippen molar-refractivity contribution in [1.82, 2.24) is 10.2 Å². The predicted octanol–water partition coefficient (Wildman–Crippen LogP) is 1.87. The van der Waals surface area contributed by atoms with E-state index in [9.17, 15) is 0 Å². The summed E-state index contributed by atoms with van der Waals surface area (Å²) in [4.78, 5) is 1.13. The smallest absolute Gasteiger partial charge is 0.145 e. The quantitative estimate of drug-likeness (QED) is 0.811. The first-order valence-corrected chi connectivity index (χ1v) is 5.05. The number of ether oxygens (including phenoxy) is 1. The molecular formula is C9H11N3OS. The highest BCUT2D eigenvalue weighted by Gasteiger charge is 2.04. The molecule has 3 N–H and O–H groups in total. The lowest BCUT2D eigenvalue weighted by molar-refractivity contribution is 0.185. The normalized spacial score (nSPS) is 10.6. The number of thiophene rings is 1. The summed E-state index contributed by atoms with van der Waals surface area (Å²) in [5.74, 6) is 0.515. The van der Waals surface area contributed by atoms with Gasteiger partial charge in [-0.05, 0) is 17.0 Å². The highest BCUT2D eigenvalue weighted by Crippen LogP contribution is 2.26. The van der Waals surface area contributed by atoms with Gasteiger partial charge in [0.2, 0.25) is 0 Å². The maximum atomic E-state index is 5.52. The minimum Gasteiger partial charge on any atom is -0.382 e. The molecular weight excluding hydrogens is 198 g/mol. The summed E-state index contributed by atoms with van der Waals surface area (Å²) in [6, 6.07) is 3.89. The van der Waals surface area contributed by atoms with E-state index in [0.717, 1.165) is 10.6 Å². The van der Waals surface area contributed by atoms with E-state index in [1.807, 2.05) is 6.07 Å². The predicted molar refractivity (Wildman–Crippen MR) is 57.0 cm³/mol. The molecule has 2 rings (SSSR count). The molecule has 4 nitrogen and oxygen atoms in total. The second-order valence-electron chi connectivity index (χ2n) is 2.96. The molecule has 0 atom stereocenters. The minimum absolute atomic E-state index is 0.515. The average molecular weight is 209 g/mol. The fraction of sp³-hybridized carbons (Fsp3) is 0.222. The Morgan fingerprint density at radius 3 is 3.07 bits per heavy atom. The van der Waals surface area contributed by atoms with Crippen LogP contribution >= 0.6 is 11.3 Å². The van der Waals surface area contributed by atoms with E-state index >= 15 is 0 Å². The van der Waals surface area contributed by atoms with Crippen molar-refractivity contribution < 1.29 is 4.74 Å². The molecule has 0 unspecified atom stereocenters. The van der Waals surface area contributed by atoms with Crippen LogP contribution in [0.4, 0.5) is 5.82 Å². The van der Waals surface area contributed by atoms with Crippen molar-refractivity contribution >= 4 is 17.2 Å². The van der Waals surface area contributed by atoms with Crippen molar-refractivity contribution in [2.45, 2.75) is 6.61 Å². The van der Waals surface area contributed by atoms with Crippen LogP contribution in [-0.4, -0.2) is 17.3 Å². The lowest BCUT2D eigenvalue weighted by Crippen LogP contribution is -1.81. The molecule has 0 aliphatic carbocycles. The standard InChI is InChI=1S/C9H11N3OS/c1-13-4-6-2-8(14-5-6)7-3-9(10)12-11-7/h2-3,5H,4H2,1H3,(H3,10,11,12). The summed E-state index contributed by atoms with van der Waals surface area (Å²) in [7, 11) is 1.69. The zero-order valence-electron chi connectivity index (χ0n) is 7.78. The minimum atomic E-state index is 0.515. The SMILES string of the molecule is COCc1csc(-c2cc(N)n[nH]2)c1. The molecule has 2 heterocycles. The van der Waals surface area contributed by atoms with Gasteiger partial charge in [0.05, 0.1) is 17.2 Å². The van der Waals surface area contributed by atoms with Crippen LogP contribution in [-0.2, 0) is 11.3 Å². The maximum absolute atomic E-state index is 5.52. The molecule has 2 aromatic heterocycles. The first-order chi connectivity index (χ1) is 6.79. The van der Waals surface area contributed by atoms with E-state index in [0.29, 0.717) is 12.4 Å². The fourth-order valence-corrected chi connectivity index (χ4v) is 2.09. The fourth-order valence-electron chi connectivity index (χ4n) is 1.22. The number of anilines is 1. The Morgan fingerprint density at radius 1 is 1.57 bits per heavy atom. The molecule has 0 bridgehead atoms. The summed E-state index contributed by atoms with van der Waals surface area (Å²) in [5, 5.41) is 8.81. The molecule has 0 radical (unpaired) electrons. The molecule has 74 valence electrons. The van der Waals surface area contributed by atoms with Gasteiger partial charge in [-0.25, -0.2) is 0 Å². The van der Waals surface area contributed by atoms with Crippen LogP contribution in [0.2, 0.25) is 0 Å². The van der Waals surface area contributed by atoms with Gasteiger partial charge in [0, 0.05) is 13.2 Å². The number of nitrogens with zero attached hydrogens (tertiary/aromatic N) is 1. The highest BCUT2D eigenvalue weighted by molar-refractivity contribution is 7.13. The van der Waals surface area contributed by atoms with Gasteiger partial charge in [-0.2, -0.15) is 5.10 Å². The number of aromatic nitrogens is 2. The van der Waals surface area contributed by atoms with E-state index in [2.05, 4.69) is 21.6 Å². The maximum Gasteiger partial charge on any atom is 0.145 e. The molecule has 0 amide bonds. The Hall–Kier alpha value is -1.33. The van der Waals surface area contributed by atoms with Crippen LogP contribution in [0.1, 0.15) is 5.56 Å². The third-order valence-electron chi connectivity index (χ3n) is 1.83. The van der Waals surface area contributed by atoms with Gasteiger partial charge < -0.3 is 10.5 Å². The number of H-pyrrole nitrogens is 1. The molecule has 0 saturated carbocycles. The monoisotopic (exact) mass is 209 g/mol. The Morgan fingerprint density at radius 2 is 2.43 bits per heavy atom. The molecule has 5 heteroatoms. The molecule has 0 spiro atoms. The summed E-state index contributed by atoms with van der Waals surface area (Å²) >= 11 is 1.65. The van der Waals surface area contributed by atoms with E-state index in [1.54, 1.807) is 18.4 Å². The Labute approximate surface area is 85.7 Å². The zero-order chi connectivity index (χ0) is 9.97.